The number of carbonyl (C=O) groups excluding carboxylic acids is 1. The molecule has 19 heavy (non-hydrogen) atoms. The number of rotatable bonds is 6. The topological polar surface area (TPSA) is 71.0 Å². The third kappa shape index (κ3) is 3.44. The van der Waals surface area contributed by atoms with E-state index in [1.54, 1.807) is 18.2 Å². The maximum absolute atomic E-state index is 10.7. The normalized spacial score (nSPS) is 19.4. The van der Waals surface area contributed by atoms with E-state index in [4.69, 9.17) is 9.47 Å². The Morgan fingerprint density at radius 1 is 1.53 bits per heavy atom. The summed E-state index contributed by atoms with van der Waals surface area (Å²) in [7, 11) is 1.53. The van der Waals surface area contributed by atoms with E-state index in [1.165, 1.54) is 7.11 Å². The van der Waals surface area contributed by atoms with Gasteiger partial charge in [-0.2, -0.15) is 0 Å². The minimum absolute atomic E-state index is 0.440. The van der Waals surface area contributed by atoms with Crippen molar-refractivity contribution < 1.29 is 19.4 Å². The second-order valence-electron chi connectivity index (χ2n) is 4.24. The Balaban J connectivity index is 1.90. The van der Waals surface area contributed by atoms with Crippen LogP contribution in [0.25, 0.3) is 0 Å². The molecule has 1 aliphatic rings. The summed E-state index contributed by atoms with van der Waals surface area (Å²) >= 11 is 0. The second-order valence-corrected chi connectivity index (χ2v) is 4.24. The van der Waals surface area contributed by atoms with Gasteiger partial charge in [0.25, 0.3) is 0 Å². The number of nitrogens with zero attached hydrogens (tertiary/aromatic N) is 1. The minimum atomic E-state index is -0.595. The molecule has 1 aliphatic heterocycles. The summed E-state index contributed by atoms with van der Waals surface area (Å²) in [6, 6.07) is 5.02. The van der Waals surface area contributed by atoms with Crippen molar-refractivity contribution in [2.45, 2.75) is 6.35 Å². The highest BCUT2D eigenvalue weighted by Crippen LogP contribution is 2.27. The molecule has 0 aliphatic carbocycles. The van der Waals surface area contributed by atoms with Gasteiger partial charge < -0.3 is 14.6 Å². The highest BCUT2D eigenvalue weighted by molar-refractivity contribution is 5.76. The lowest BCUT2D eigenvalue weighted by molar-refractivity contribution is 0.0149. The Morgan fingerprint density at radius 2 is 2.37 bits per heavy atom. The third-order valence-corrected chi connectivity index (χ3v) is 3.03. The number of benzene rings is 1. The van der Waals surface area contributed by atoms with Crippen LogP contribution in [-0.2, 0) is 0 Å². The van der Waals surface area contributed by atoms with E-state index in [0.29, 0.717) is 30.2 Å². The molecule has 1 saturated heterocycles. The van der Waals surface area contributed by atoms with Crippen LogP contribution in [0.2, 0.25) is 0 Å². The Hall–Kier alpha value is -1.63. The summed E-state index contributed by atoms with van der Waals surface area (Å²) in [6.45, 7) is 2.63. The first kappa shape index (κ1) is 13.8. The highest BCUT2D eigenvalue weighted by Gasteiger charge is 2.20. The molecule has 0 amide bonds. The molecule has 1 aromatic carbocycles. The first-order valence-corrected chi connectivity index (χ1v) is 6.16. The van der Waals surface area contributed by atoms with Crippen LogP contribution in [-0.4, -0.2) is 56.0 Å². The number of carbonyl (C=O) groups is 1. The molecule has 0 aromatic heterocycles. The molecule has 6 heteroatoms. The molecule has 2 rings (SSSR count). The van der Waals surface area contributed by atoms with E-state index in [-0.39, 0.29) is 0 Å². The number of ether oxygens (including phenoxy) is 2. The van der Waals surface area contributed by atoms with Crippen molar-refractivity contribution in [1.82, 2.24) is 10.2 Å². The van der Waals surface area contributed by atoms with Crippen LogP contribution in [0, 0.1) is 0 Å². The van der Waals surface area contributed by atoms with Crippen LogP contribution in [0.15, 0.2) is 18.2 Å². The molecule has 0 bridgehead atoms. The van der Waals surface area contributed by atoms with Crippen molar-refractivity contribution in [2.75, 3.05) is 33.4 Å². The van der Waals surface area contributed by atoms with Gasteiger partial charge in [-0.25, -0.2) is 0 Å². The average Bonchev–Trinajstić information content (AvgIpc) is 2.84. The quantitative estimate of drug-likeness (QED) is 0.710. The fraction of sp³-hybridized carbons (Fsp3) is 0.462. The maximum atomic E-state index is 10.7. The average molecular weight is 266 g/mol. The monoisotopic (exact) mass is 266 g/mol. The minimum Gasteiger partial charge on any atom is -0.493 e. The molecule has 2 N–H and O–H groups in total. The standard InChI is InChI=1S/C13H18N2O4/c1-18-12-8-10(9-16)2-3-11(12)19-7-6-15-5-4-14-13(15)17/h2-3,8-9,13-14,17H,4-7H2,1H3. The lowest BCUT2D eigenvalue weighted by Gasteiger charge is -2.19. The fourth-order valence-electron chi connectivity index (χ4n) is 1.97. The summed E-state index contributed by atoms with van der Waals surface area (Å²) in [5, 5.41) is 12.5. The number of aliphatic hydroxyl groups is 1. The van der Waals surface area contributed by atoms with Gasteiger partial charge in [0.05, 0.1) is 7.11 Å². The zero-order chi connectivity index (χ0) is 13.7. The molecule has 1 unspecified atom stereocenters. The molecule has 0 spiro atoms. The van der Waals surface area contributed by atoms with Gasteiger partial charge in [-0.3, -0.25) is 15.0 Å². The molecule has 6 nitrogen and oxygen atoms in total. The highest BCUT2D eigenvalue weighted by atomic mass is 16.5. The zero-order valence-corrected chi connectivity index (χ0v) is 10.8. The lowest BCUT2D eigenvalue weighted by Crippen LogP contribution is -2.37. The number of methoxy groups -OCH3 is 1. The fourth-order valence-corrected chi connectivity index (χ4v) is 1.97. The van der Waals surface area contributed by atoms with E-state index in [1.807, 2.05) is 4.90 Å². The molecular weight excluding hydrogens is 248 g/mol. The number of hydrogen-bond acceptors (Lipinski definition) is 6. The maximum Gasteiger partial charge on any atom is 0.163 e. The summed E-state index contributed by atoms with van der Waals surface area (Å²) in [5.74, 6) is 1.12. The summed E-state index contributed by atoms with van der Waals surface area (Å²) in [4.78, 5) is 12.6. The lowest BCUT2D eigenvalue weighted by atomic mass is 10.2. The first-order valence-electron chi connectivity index (χ1n) is 6.16. The predicted octanol–water partition coefficient (Wildman–Crippen LogP) is 0.0676. The van der Waals surface area contributed by atoms with Crippen molar-refractivity contribution in [3.05, 3.63) is 23.8 Å². The van der Waals surface area contributed by atoms with Gasteiger partial charge in [0.1, 0.15) is 12.9 Å². The molecule has 1 aromatic rings. The van der Waals surface area contributed by atoms with Crippen molar-refractivity contribution in [3.63, 3.8) is 0 Å². The molecule has 0 radical (unpaired) electrons. The Kier molecular flexibility index (Phi) is 4.73. The van der Waals surface area contributed by atoms with Crippen LogP contribution in [0.1, 0.15) is 10.4 Å². The van der Waals surface area contributed by atoms with Crippen LogP contribution < -0.4 is 14.8 Å². The first-order chi connectivity index (χ1) is 9.24. The second kappa shape index (κ2) is 6.51. The van der Waals surface area contributed by atoms with E-state index in [2.05, 4.69) is 5.32 Å². The van der Waals surface area contributed by atoms with Gasteiger partial charge in [-0.05, 0) is 18.2 Å². The summed E-state index contributed by atoms with van der Waals surface area (Å²) in [5.41, 5.74) is 0.545. The number of aliphatic hydroxyl groups excluding tert-OH is 1. The van der Waals surface area contributed by atoms with E-state index in [9.17, 15) is 9.90 Å². The van der Waals surface area contributed by atoms with Crippen LogP contribution in [0.5, 0.6) is 11.5 Å². The van der Waals surface area contributed by atoms with Crippen molar-refractivity contribution in [3.8, 4) is 11.5 Å². The molecular formula is C13H18N2O4. The van der Waals surface area contributed by atoms with Gasteiger partial charge in [0, 0.05) is 25.2 Å². The van der Waals surface area contributed by atoms with E-state index < -0.39 is 6.35 Å². The number of nitrogens with one attached hydrogen (secondary N) is 1. The van der Waals surface area contributed by atoms with Crippen molar-refractivity contribution in [1.29, 1.82) is 0 Å². The summed E-state index contributed by atoms with van der Waals surface area (Å²) < 4.78 is 10.8. The number of aldehydes is 1. The van der Waals surface area contributed by atoms with Crippen molar-refractivity contribution in [2.24, 2.45) is 0 Å². The molecule has 1 heterocycles. The van der Waals surface area contributed by atoms with E-state index in [0.717, 1.165) is 19.4 Å². The molecule has 1 atom stereocenters. The van der Waals surface area contributed by atoms with Gasteiger partial charge in [-0.15, -0.1) is 0 Å². The van der Waals surface area contributed by atoms with Crippen LogP contribution in [0.4, 0.5) is 0 Å². The molecule has 0 saturated carbocycles. The van der Waals surface area contributed by atoms with Crippen LogP contribution in [0.3, 0.4) is 0 Å². The van der Waals surface area contributed by atoms with E-state index >= 15 is 0 Å². The zero-order valence-electron chi connectivity index (χ0n) is 10.8. The molecule has 104 valence electrons. The van der Waals surface area contributed by atoms with Gasteiger partial charge in [0.15, 0.2) is 17.9 Å². The Labute approximate surface area is 111 Å². The van der Waals surface area contributed by atoms with Gasteiger partial charge in [-0.1, -0.05) is 0 Å². The Morgan fingerprint density at radius 3 is 3.00 bits per heavy atom. The van der Waals surface area contributed by atoms with Crippen molar-refractivity contribution >= 4 is 6.29 Å². The predicted molar refractivity (Wildman–Crippen MR) is 69.5 cm³/mol. The smallest absolute Gasteiger partial charge is 0.163 e. The largest absolute Gasteiger partial charge is 0.493 e. The Bertz CT molecular complexity index is 439. The SMILES string of the molecule is COc1cc(C=O)ccc1OCCN1CCNC1O. The van der Waals surface area contributed by atoms with Gasteiger partial charge in [0.2, 0.25) is 0 Å². The molecule has 1 fully saturated rings. The third-order valence-electron chi connectivity index (χ3n) is 3.03. The number of hydrogen-bond donors (Lipinski definition) is 2. The summed E-state index contributed by atoms with van der Waals surface area (Å²) in [6.07, 6.45) is 0.168. The van der Waals surface area contributed by atoms with Crippen LogP contribution >= 0.6 is 0 Å². The van der Waals surface area contributed by atoms with Gasteiger partial charge >= 0.3 is 0 Å².